The Kier molecular flexibility index (Phi) is 7.58. The van der Waals surface area contributed by atoms with Gasteiger partial charge in [0.25, 0.3) is 0 Å². The van der Waals surface area contributed by atoms with E-state index in [1.165, 1.54) is 38.5 Å². The summed E-state index contributed by atoms with van der Waals surface area (Å²) in [5.41, 5.74) is 0.360. The topological polar surface area (TPSA) is 37.3 Å². The van der Waals surface area contributed by atoms with Gasteiger partial charge in [-0.15, -0.1) is 11.8 Å². The molecule has 0 radical (unpaired) electrons. The summed E-state index contributed by atoms with van der Waals surface area (Å²) in [5.74, 6) is 0.265. The SMILES string of the molecule is CCCCCCCCSc1ccc(C(=O)O)cc1. The lowest BCUT2D eigenvalue weighted by Gasteiger charge is -2.02. The summed E-state index contributed by atoms with van der Waals surface area (Å²) in [7, 11) is 0. The van der Waals surface area contributed by atoms with Gasteiger partial charge in [-0.3, -0.25) is 0 Å². The number of carboxylic acid groups (broad SMARTS) is 1. The van der Waals surface area contributed by atoms with E-state index in [9.17, 15) is 4.79 Å². The number of thioether (sulfide) groups is 1. The lowest BCUT2D eigenvalue weighted by Crippen LogP contribution is -1.94. The van der Waals surface area contributed by atoms with Crippen LogP contribution in [-0.4, -0.2) is 16.8 Å². The van der Waals surface area contributed by atoms with Crippen LogP contribution in [0.25, 0.3) is 0 Å². The molecule has 0 aromatic heterocycles. The van der Waals surface area contributed by atoms with E-state index in [0.717, 1.165) is 10.6 Å². The average molecular weight is 266 g/mol. The Morgan fingerprint density at radius 2 is 1.67 bits per heavy atom. The molecular weight excluding hydrogens is 244 g/mol. The fraction of sp³-hybridized carbons (Fsp3) is 0.533. The van der Waals surface area contributed by atoms with Crippen molar-refractivity contribution < 1.29 is 9.90 Å². The Hall–Kier alpha value is -0.960. The zero-order chi connectivity index (χ0) is 13.2. The van der Waals surface area contributed by atoms with Crippen molar-refractivity contribution in [2.75, 3.05) is 5.75 Å². The molecule has 0 fully saturated rings. The highest BCUT2D eigenvalue weighted by atomic mass is 32.2. The second-order valence-electron chi connectivity index (χ2n) is 4.45. The molecule has 0 heterocycles. The Labute approximate surface area is 114 Å². The summed E-state index contributed by atoms with van der Waals surface area (Å²) in [4.78, 5) is 11.9. The largest absolute Gasteiger partial charge is 0.478 e. The van der Waals surface area contributed by atoms with Crippen molar-refractivity contribution in [2.24, 2.45) is 0 Å². The van der Waals surface area contributed by atoms with E-state index in [1.807, 2.05) is 23.9 Å². The van der Waals surface area contributed by atoms with E-state index < -0.39 is 5.97 Å². The van der Waals surface area contributed by atoms with Crippen LogP contribution in [0.3, 0.4) is 0 Å². The first kappa shape index (κ1) is 15.1. The zero-order valence-corrected chi connectivity index (χ0v) is 11.8. The predicted octanol–water partition coefficient (Wildman–Crippen LogP) is 4.84. The summed E-state index contributed by atoms with van der Waals surface area (Å²) >= 11 is 1.81. The standard InChI is InChI=1S/C15H22O2S/c1-2-3-4-5-6-7-12-18-14-10-8-13(9-11-14)15(16)17/h8-11H,2-7,12H2,1H3,(H,16,17). The normalized spacial score (nSPS) is 10.5. The van der Waals surface area contributed by atoms with Crippen LogP contribution in [-0.2, 0) is 0 Å². The van der Waals surface area contributed by atoms with Crippen molar-refractivity contribution in [1.82, 2.24) is 0 Å². The Morgan fingerprint density at radius 3 is 2.28 bits per heavy atom. The van der Waals surface area contributed by atoms with Crippen LogP contribution in [0.5, 0.6) is 0 Å². The second-order valence-corrected chi connectivity index (χ2v) is 5.61. The highest BCUT2D eigenvalue weighted by Gasteiger charge is 2.01. The van der Waals surface area contributed by atoms with Gasteiger partial charge in [0, 0.05) is 4.90 Å². The Bertz CT molecular complexity index is 346. The van der Waals surface area contributed by atoms with Gasteiger partial charge in [0.2, 0.25) is 0 Å². The molecule has 0 saturated carbocycles. The zero-order valence-electron chi connectivity index (χ0n) is 11.0. The van der Waals surface area contributed by atoms with Crippen molar-refractivity contribution in [1.29, 1.82) is 0 Å². The number of benzene rings is 1. The minimum atomic E-state index is -0.859. The van der Waals surface area contributed by atoms with E-state index in [4.69, 9.17) is 5.11 Å². The van der Waals surface area contributed by atoms with Crippen molar-refractivity contribution in [2.45, 2.75) is 50.3 Å². The van der Waals surface area contributed by atoms with E-state index in [-0.39, 0.29) is 0 Å². The van der Waals surface area contributed by atoms with Crippen LogP contribution in [0, 0.1) is 0 Å². The summed E-state index contributed by atoms with van der Waals surface area (Å²) in [5, 5.41) is 8.79. The molecule has 0 saturated heterocycles. The first-order valence-corrected chi connectivity index (χ1v) is 7.68. The minimum Gasteiger partial charge on any atom is -0.478 e. The van der Waals surface area contributed by atoms with Crippen molar-refractivity contribution >= 4 is 17.7 Å². The second kappa shape index (κ2) is 9.03. The van der Waals surface area contributed by atoms with Gasteiger partial charge in [0.1, 0.15) is 0 Å². The maximum atomic E-state index is 10.7. The molecule has 1 aromatic rings. The smallest absolute Gasteiger partial charge is 0.335 e. The molecule has 0 aliphatic heterocycles. The van der Waals surface area contributed by atoms with Gasteiger partial charge in [-0.2, -0.15) is 0 Å². The van der Waals surface area contributed by atoms with E-state index in [1.54, 1.807) is 12.1 Å². The van der Waals surface area contributed by atoms with Crippen LogP contribution in [0.2, 0.25) is 0 Å². The van der Waals surface area contributed by atoms with E-state index in [2.05, 4.69) is 6.92 Å². The highest BCUT2D eigenvalue weighted by molar-refractivity contribution is 7.99. The molecule has 1 rings (SSSR count). The molecule has 18 heavy (non-hydrogen) atoms. The number of carbonyl (C=O) groups is 1. The van der Waals surface area contributed by atoms with Crippen LogP contribution in [0.4, 0.5) is 0 Å². The van der Waals surface area contributed by atoms with Crippen molar-refractivity contribution in [3.63, 3.8) is 0 Å². The maximum absolute atomic E-state index is 10.7. The van der Waals surface area contributed by atoms with Crippen LogP contribution >= 0.6 is 11.8 Å². The third-order valence-corrected chi connectivity index (χ3v) is 3.97. The van der Waals surface area contributed by atoms with Crippen molar-refractivity contribution in [3.8, 4) is 0 Å². The summed E-state index contributed by atoms with van der Waals surface area (Å²) in [6, 6.07) is 7.13. The van der Waals surface area contributed by atoms with Gasteiger partial charge >= 0.3 is 5.97 Å². The number of rotatable bonds is 9. The maximum Gasteiger partial charge on any atom is 0.335 e. The quantitative estimate of drug-likeness (QED) is 0.513. The Morgan fingerprint density at radius 1 is 1.06 bits per heavy atom. The molecule has 0 atom stereocenters. The number of hydrogen-bond donors (Lipinski definition) is 1. The lowest BCUT2D eigenvalue weighted by molar-refractivity contribution is 0.0697. The predicted molar refractivity (Wildman–Crippen MR) is 77.5 cm³/mol. The minimum absolute atomic E-state index is 0.360. The third-order valence-electron chi connectivity index (χ3n) is 2.87. The monoisotopic (exact) mass is 266 g/mol. The lowest BCUT2D eigenvalue weighted by atomic mass is 10.1. The van der Waals surface area contributed by atoms with Gasteiger partial charge in [-0.1, -0.05) is 39.0 Å². The van der Waals surface area contributed by atoms with E-state index >= 15 is 0 Å². The molecule has 0 spiro atoms. The molecular formula is C15H22O2S. The summed E-state index contributed by atoms with van der Waals surface area (Å²) in [6.07, 6.45) is 7.89. The third kappa shape index (κ3) is 6.10. The Balaban J connectivity index is 2.14. The average Bonchev–Trinajstić information content (AvgIpc) is 2.38. The number of aromatic carboxylic acids is 1. The number of carboxylic acids is 1. The summed E-state index contributed by atoms with van der Waals surface area (Å²) < 4.78 is 0. The van der Waals surface area contributed by atoms with Gasteiger partial charge in [0.05, 0.1) is 5.56 Å². The fourth-order valence-electron chi connectivity index (χ4n) is 1.77. The first-order chi connectivity index (χ1) is 8.74. The number of unbranched alkanes of at least 4 members (excludes halogenated alkanes) is 5. The van der Waals surface area contributed by atoms with Gasteiger partial charge in [-0.05, 0) is 36.4 Å². The van der Waals surface area contributed by atoms with Crippen LogP contribution in [0.15, 0.2) is 29.2 Å². The van der Waals surface area contributed by atoms with Crippen LogP contribution < -0.4 is 0 Å². The van der Waals surface area contributed by atoms with Gasteiger partial charge in [-0.25, -0.2) is 4.79 Å². The molecule has 0 unspecified atom stereocenters. The molecule has 1 aromatic carbocycles. The summed E-state index contributed by atoms with van der Waals surface area (Å²) in [6.45, 7) is 2.23. The highest BCUT2D eigenvalue weighted by Crippen LogP contribution is 2.20. The molecule has 0 aliphatic carbocycles. The van der Waals surface area contributed by atoms with Gasteiger partial charge in [0.15, 0.2) is 0 Å². The molecule has 2 nitrogen and oxygen atoms in total. The molecule has 100 valence electrons. The van der Waals surface area contributed by atoms with Crippen LogP contribution in [0.1, 0.15) is 55.8 Å². The molecule has 1 N–H and O–H groups in total. The fourth-order valence-corrected chi connectivity index (χ4v) is 2.68. The first-order valence-electron chi connectivity index (χ1n) is 6.70. The van der Waals surface area contributed by atoms with E-state index in [0.29, 0.717) is 5.56 Å². The van der Waals surface area contributed by atoms with Gasteiger partial charge < -0.3 is 5.11 Å². The van der Waals surface area contributed by atoms with Crippen molar-refractivity contribution in [3.05, 3.63) is 29.8 Å². The molecule has 0 aliphatic rings. The molecule has 3 heteroatoms. The molecule has 0 bridgehead atoms. The molecule has 0 amide bonds. The number of hydrogen-bond acceptors (Lipinski definition) is 2.